The number of amides is 2. The van der Waals surface area contributed by atoms with Gasteiger partial charge < -0.3 is 4.42 Å². The molecule has 0 saturated carbocycles. The predicted octanol–water partition coefficient (Wildman–Crippen LogP) is 2.66. The molecule has 0 spiro atoms. The maximum absolute atomic E-state index is 13.1. The normalized spacial score (nSPS) is 16.7. The summed E-state index contributed by atoms with van der Waals surface area (Å²) in [6, 6.07) is 16.6. The van der Waals surface area contributed by atoms with E-state index in [0.29, 0.717) is 16.8 Å². The zero-order valence-electron chi connectivity index (χ0n) is 16.2. The van der Waals surface area contributed by atoms with E-state index in [-0.39, 0.29) is 36.4 Å². The van der Waals surface area contributed by atoms with Crippen molar-refractivity contribution in [3.63, 3.8) is 0 Å². The molecular formula is C22H18N4O4. The van der Waals surface area contributed by atoms with Crippen molar-refractivity contribution >= 4 is 22.9 Å². The molecule has 1 saturated heterocycles. The van der Waals surface area contributed by atoms with Crippen molar-refractivity contribution in [1.29, 1.82) is 0 Å². The van der Waals surface area contributed by atoms with Crippen LogP contribution in [0.5, 0.6) is 0 Å². The summed E-state index contributed by atoms with van der Waals surface area (Å²) in [4.78, 5) is 44.2. The highest BCUT2D eigenvalue weighted by molar-refractivity contribution is 6.06. The first kappa shape index (κ1) is 18.1. The van der Waals surface area contributed by atoms with Crippen molar-refractivity contribution in [1.82, 2.24) is 19.7 Å². The molecule has 3 heterocycles. The smallest absolute Gasteiger partial charge is 0.325 e. The molecule has 2 aromatic heterocycles. The van der Waals surface area contributed by atoms with Gasteiger partial charge in [-0.3, -0.25) is 24.4 Å². The second-order valence-corrected chi connectivity index (χ2v) is 7.32. The predicted molar refractivity (Wildman–Crippen MR) is 108 cm³/mol. The molecular weight excluding hydrogens is 384 g/mol. The number of likely N-dealkylation sites (tertiary alicyclic amines) is 1. The van der Waals surface area contributed by atoms with Crippen LogP contribution in [0.15, 0.2) is 63.8 Å². The lowest BCUT2D eigenvalue weighted by Crippen LogP contribution is -2.30. The number of imide groups is 1. The molecule has 1 atom stereocenters. The van der Waals surface area contributed by atoms with Crippen LogP contribution in [0.1, 0.15) is 29.2 Å². The number of carbonyl (C=O) groups is 2. The lowest BCUT2D eigenvalue weighted by Gasteiger charge is -2.14. The van der Waals surface area contributed by atoms with Crippen molar-refractivity contribution in [2.45, 2.75) is 25.8 Å². The third-order valence-corrected chi connectivity index (χ3v) is 5.37. The zero-order valence-corrected chi connectivity index (χ0v) is 16.2. The molecule has 1 fully saturated rings. The Morgan fingerprint density at radius 1 is 1.07 bits per heavy atom. The molecule has 1 N–H and O–H groups in total. The van der Waals surface area contributed by atoms with Crippen molar-refractivity contribution in [2.24, 2.45) is 0 Å². The number of oxazole rings is 1. The summed E-state index contributed by atoms with van der Waals surface area (Å²) < 4.78 is 6.86. The summed E-state index contributed by atoms with van der Waals surface area (Å²) in [5, 5.41) is 2.93. The first-order chi connectivity index (χ1) is 14.5. The van der Waals surface area contributed by atoms with Gasteiger partial charge in [0.15, 0.2) is 5.58 Å². The highest BCUT2D eigenvalue weighted by Crippen LogP contribution is 2.31. The maximum atomic E-state index is 13.1. The van der Waals surface area contributed by atoms with Crippen LogP contribution in [0.2, 0.25) is 0 Å². The number of nitrogens with zero attached hydrogens (tertiary/aromatic N) is 3. The van der Waals surface area contributed by atoms with Gasteiger partial charge in [0.2, 0.25) is 11.8 Å². The number of hydrogen-bond donors (Lipinski definition) is 1. The Kier molecular flexibility index (Phi) is 4.13. The van der Waals surface area contributed by atoms with Crippen LogP contribution in [0.3, 0.4) is 0 Å². The molecule has 30 heavy (non-hydrogen) atoms. The number of aromatic nitrogens is 3. The Hall–Kier alpha value is -3.94. The third kappa shape index (κ3) is 2.85. The Morgan fingerprint density at radius 3 is 2.57 bits per heavy atom. The van der Waals surface area contributed by atoms with Crippen LogP contribution in [-0.4, -0.2) is 31.5 Å². The van der Waals surface area contributed by atoms with Crippen molar-refractivity contribution in [2.75, 3.05) is 0 Å². The van der Waals surface area contributed by atoms with E-state index < -0.39 is 11.5 Å². The van der Waals surface area contributed by atoms with E-state index in [1.807, 2.05) is 42.5 Å². The monoisotopic (exact) mass is 402 g/mol. The van der Waals surface area contributed by atoms with Crippen molar-refractivity contribution < 1.29 is 14.0 Å². The Labute approximate surface area is 170 Å². The number of hydrogen-bond acceptors (Lipinski definition) is 5. The largest absolute Gasteiger partial charge is 0.422 e. The number of benzene rings is 2. The minimum Gasteiger partial charge on any atom is -0.422 e. The van der Waals surface area contributed by atoms with Gasteiger partial charge in [-0.1, -0.05) is 42.5 Å². The zero-order chi connectivity index (χ0) is 20.8. The van der Waals surface area contributed by atoms with E-state index in [4.69, 9.17) is 4.42 Å². The van der Waals surface area contributed by atoms with Gasteiger partial charge in [-0.05, 0) is 24.6 Å². The number of carbonyl (C=O) groups excluding carboxylic acids is 2. The van der Waals surface area contributed by atoms with Gasteiger partial charge in [0, 0.05) is 12.1 Å². The number of aryl methyl sites for hydroxylation is 1. The number of H-pyrrole nitrogens is 1. The van der Waals surface area contributed by atoms with Crippen LogP contribution < -0.4 is 5.56 Å². The molecule has 0 unspecified atom stereocenters. The number of para-hydroxylation sites is 2. The average molecular weight is 402 g/mol. The van der Waals surface area contributed by atoms with Gasteiger partial charge in [-0.25, -0.2) is 0 Å². The summed E-state index contributed by atoms with van der Waals surface area (Å²) in [5.74, 6) is -1.48. The molecule has 1 aliphatic rings. The van der Waals surface area contributed by atoms with Crippen LogP contribution in [0.4, 0.5) is 0 Å². The van der Waals surface area contributed by atoms with Crippen LogP contribution in [0.25, 0.3) is 17.1 Å². The Balaban J connectivity index is 1.50. The Morgan fingerprint density at radius 2 is 1.80 bits per heavy atom. The number of nitrogens with one attached hydrogen (secondary N) is 1. The van der Waals surface area contributed by atoms with Crippen molar-refractivity contribution in [3.05, 3.63) is 81.8 Å². The van der Waals surface area contributed by atoms with Gasteiger partial charge in [-0.2, -0.15) is 9.67 Å². The summed E-state index contributed by atoms with van der Waals surface area (Å²) in [6.45, 7) is 1.89. The second-order valence-electron chi connectivity index (χ2n) is 7.32. The van der Waals surface area contributed by atoms with Gasteiger partial charge in [0.05, 0.1) is 18.0 Å². The summed E-state index contributed by atoms with van der Waals surface area (Å²) in [7, 11) is 0. The van der Waals surface area contributed by atoms with E-state index in [0.717, 1.165) is 5.56 Å². The lowest BCUT2D eigenvalue weighted by molar-refractivity contribution is -0.139. The van der Waals surface area contributed by atoms with E-state index in [2.05, 4.69) is 10.1 Å². The van der Waals surface area contributed by atoms with Crippen LogP contribution >= 0.6 is 0 Å². The van der Waals surface area contributed by atoms with E-state index in [1.54, 1.807) is 19.1 Å². The molecule has 2 aromatic carbocycles. The topological polar surface area (TPSA) is 101 Å². The molecule has 1 aliphatic heterocycles. The number of aromatic amines is 1. The molecule has 5 rings (SSSR count). The summed E-state index contributed by atoms with van der Waals surface area (Å²) in [5.41, 5.74) is 2.37. The van der Waals surface area contributed by atoms with Gasteiger partial charge >= 0.3 is 6.01 Å². The average Bonchev–Trinajstić information content (AvgIpc) is 3.38. The fraction of sp³-hybridized carbons (Fsp3) is 0.182. The Bertz CT molecular complexity index is 1300. The lowest BCUT2D eigenvalue weighted by atomic mass is 9.98. The molecule has 4 aromatic rings. The first-order valence-corrected chi connectivity index (χ1v) is 9.58. The molecule has 0 aliphatic carbocycles. The van der Waals surface area contributed by atoms with E-state index in [1.165, 1.54) is 9.58 Å². The fourth-order valence-corrected chi connectivity index (χ4v) is 3.90. The van der Waals surface area contributed by atoms with Gasteiger partial charge in [0.25, 0.3) is 5.56 Å². The van der Waals surface area contributed by atoms with E-state index in [9.17, 15) is 14.4 Å². The standard InChI is InChI=1S/C22H18N4O4/c1-13-19(15-11-18(27)25(20(15)28)12-14-7-3-2-4-8-14)21(29)26(24-13)22-23-16-9-5-6-10-17(16)30-22/h2-10,15,24H,11-12H2,1H3/t15-/m0/s1. The number of rotatable bonds is 4. The second kappa shape index (κ2) is 6.84. The maximum Gasteiger partial charge on any atom is 0.325 e. The molecule has 2 amide bonds. The SMILES string of the molecule is Cc1[nH]n(-c2nc3ccccc3o2)c(=O)c1[C@@H]1CC(=O)N(Cc2ccccc2)C1=O. The minimum absolute atomic E-state index is 0.0346. The van der Waals surface area contributed by atoms with Gasteiger partial charge in [-0.15, -0.1) is 0 Å². The van der Waals surface area contributed by atoms with Crippen LogP contribution in [-0.2, 0) is 16.1 Å². The molecule has 8 heteroatoms. The highest BCUT2D eigenvalue weighted by Gasteiger charge is 2.42. The molecule has 8 nitrogen and oxygen atoms in total. The number of fused-ring (bicyclic) bond motifs is 1. The highest BCUT2D eigenvalue weighted by atomic mass is 16.4. The molecule has 0 radical (unpaired) electrons. The van der Waals surface area contributed by atoms with E-state index >= 15 is 0 Å². The quantitative estimate of drug-likeness (QED) is 0.529. The van der Waals surface area contributed by atoms with Crippen LogP contribution in [0, 0.1) is 6.92 Å². The first-order valence-electron chi connectivity index (χ1n) is 9.58. The molecule has 0 bridgehead atoms. The fourth-order valence-electron chi connectivity index (χ4n) is 3.90. The summed E-state index contributed by atoms with van der Waals surface area (Å²) in [6.07, 6.45) is -0.0346. The minimum atomic E-state index is -0.824. The third-order valence-electron chi connectivity index (χ3n) is 5.37. The molecule has 150 valence electrons. The van der Waals surface area contributed by atoms with Crippen molar-refractivity contribution in [3.8, 4) is 6.01 Å². The summed E-state index contributed by atoms with van der Waals surface area (Å²) >= 11 is 0. The van der Waals surface area contributed by atoms with Gasteiger partial charge in [0.1, 0.15) is 5.52 Å².